The number of carbonyl (C=O) groups excluding carboxylic acids is 2. The average Bonchev–Trinajstić information content (AvgIpc) is 2.31. The monoisotopic (exact) mass is 296 g/mol. The molecule has 0 bridgehead atoms. The van der Waals surface area contributed by atoms with Crippen molar-refractivity contribution < 1.29 is 49.0 Å². The van der Waals surface area contributed by atoms with Crippen LogP contribution in [0.15, 0.2) is 24.3 Å². The van der Waals surface area contributed by atoms with Crippen LogP contribution < -0.4 is 34.7 Å². The first-order chi connectivity index (χ1) is 7.95. The van der Waals surface area contributed by atoms with Crippen LogP contribution in [-0.2, 0) is 14.3 Å². The Hall–Kier alpha value is -0.520. The molecule has 90 valence electrons. The minimum Gasteiger partial charge on any atom is -0.872 e. The van der Waals surface area contributed by atoms with Crippen molar-refractivity contribution in [1.82, 2.24) is 0 Å². The SMILES string of the molecule is COC(=O)C(=O)C=C([O-])c1ccc(Cl)c(Cl)c1.[Na+]. The number of benzene rings is 1. The third-order valence-electron chi connectivity index (χ3n) is 1.85. The van der Waals surface area contributed by atoms with E-state index in [9.17, 15) is 14.7 Å². The van der Waals surface area contributed by atoms with E-state index in [0.29, 0.717) is 11.1 Å². The molecule has 1 aromatic rings. The van der Waals surface area contributed by atoms with E-state index in [4.69, 9.17) is 23.2 Å². The van der Waals surface area contributed by atoms with Crippen molar-refractivity contribution in [3.05, 3.63) is 39.9 Å². The molecule has 1 rings (SSSR count). The summed E-state index contributed by atoms with van der Waals surface area (Å²) in [4.78, 5) is 21.9. The van der Waals surface area contributed by atoms with Crippen molar-refractivity contribution >= 4 is 40.7 Å². The maximum Gasteiger partial charge on any atom is 1.00 e. The molecule has 0 saturated heterocycles. The summed E-state index contributed by atoms with van der Waals surface area (Å²) in [5.41, 5.74) is 0.164. The topological polar surface area (TPSA) is 66.4 Å². The Morgan fingerprint density at radius 2 is 1.89 bits per heavy atom. The summed E-state index contributed by atoms with van der Waals surface area (Å²) in [6, 6.07) is 4.14. The molecule has 0 fully saturated rings. The summed E-state index contributed by atoms with van der Waals surface area (Å²) < 4.78 is 4.17. The molecule has 0 aliphatic rings. The van der Waals surface area contributed by atoms with Crippen molar-refractivity contribution in [2.45, 2.75) is 0 Å². The molecule has 0 spiro atoms. The molecule has 0 unspecified atom stereocenters. The van der Waals surface area contributed by atoms with Crippen LogP contribution in [0.25, 0.3) is 5.76 Å². The first kappa shape index (κ1) is 17.5. The second-order valence-electron chi connectivity index (χ2n) is 2.99. The molecule has 7 heteroatoms. The van der Waals surface area contributed by atoms with Gasteiger partial charge in [0.2, 0.25) is 0 Å². The summed E-state index contributed by atoms with van der Waals surface area (Å²) in [7, 11) is 1.05. The number of hydrogen-bond donors (Lipinski definition) is 0. The van der Waals surface area contributed by atoms with Gasteiger partial charge in [-0.25, -0.2) is 4.79 Å². The van der Waals surface area contributed by atoms with Gasteiger partial charge in [0.15, 0.2) is 0 Å². The molecule has 18 heavy (non-hydrogen) atoms. The second kappa shape index (κ2) is 7.81. The van der Waals surface area contributed by atoms with Crippen LogP contribution in [0.5, 0.6) is 0 Å². The van der Waals surface area contributed by atoms with Crippen LogP contribution in [0.2, 0.25) is 10.0 Å². The Kier molecular flexibility index (Phi) is 7.59. The average molecular weight is 297 g/mol. The van der Waals surface area contributed by atoms with Crippen molar-refractivity contribution in [3.8, 4) is 0 Å². The van der Waals surface area contributed by atoms with Gasteiger partial charge < -0.3 is 9.84 Å². The van der Waals surface area contributed by atoms with Crippen LogP contribution in [0, 0.1) is 0 Å². The summed E-state index contributed by atoms with van der Waals surface area (Å²) in [5.74, 6) is -2.76. The predicted octanol–water partition coefficient (Wildman–Crippen LogP) is -1.56. The predicted molar refractivity (Wildman–Crippen MR) is 61.5 cm³/mol. The van der Waals surface area contributed by atoms with Crippen LogP contribution in [0.3, 0.4) is 0 Å². The zero-order valence-electron chi connectivity index (χ0n) is 9.70. The van der Waals surface area contributed by atoms with Crippen LogP contribution in [-0.4, -0.2) is 18.9 Å². The third-order valence-corrected chi connectivity index (χ3v) is 2.59. The van der Waals surface area contributed by atoms with E-state index < -0.39 is 17.5 Å². The molecule has 0 amide bonds. The van der Waals surface area contributed by atoms with E-state index in [-0.39, 0.29) is 40.1 Å². The minimum absolute atomic E-state index is 0. The van der Waals surface area contributed by atoms with Crippen molar-refractivity contribution in [3.63, 3.8) is 0 Å². The van der Waals surface area contributed by atoms with Crippen LogP contribution >= 0.6 is 23.2 Å². The number of ether oxygens (including phenoxy) is 1. The van der Waals surface area contributed by atoms with E-state index >= 15 is 0 Å². The van der Waals surface area contributed by atoms with Gasteiger partial charge in [0.05, 0.1) is 17.2 Å². The number of carbonyl (C=O) groups is 2. The van der Waals surface area contributed by atoms with E-state index in [2.05, 4.69) is 4.74 Å². The zero-order chi connectivity index (χ0) is 13.0. The normalized spacial score (nSPS) is 10.5. The van der Waals surface area contributed by atoms with Crippen molar-refractivity contribution in [2.75, 3.05) is 7.11 Å². The molecule has 0 radical (unpaired) electrons. The van der Waals surface area contributed by atoms with Crippen LogP contribution in [0.1, 0.15) is 5.56 Å². The van der Waals surface area contributed by atoms with Crippen LogP contribution in [0.4, 0.5) is 0 Å². The number of methoxy groups -OCH3 is 1. The summed E-state index contributed by atoms with van der Waals surface area (Å²) in [5, 5.41) is 12.0. The molecule has 4 nitrogen and oxygen atoms in total. The Labute approximate surface area is 136 Å². The summed E-state index contributed by atoms with van der Waals surface area (Å²) >= 11 is 11.4. The van der Waals surface area contributed by atoms with Gasteiger partial charge in [-0.05, 0) is 23.8 Å². The molecular formula is C11H7Cl2NaO4. The van der Waals surface area contributed by atoms with Crippen molar-refractivity contribution in [2.24, 2.45) is 0 Å². The number of ketones is 1. The molecule has 0 aromatic heterocycles. The van der Waals surface area contributed by atoms with Gasteiger partial charge in [-0.2, -0.15) is 0 Å². The number of rotatable bonds is 3. The maximum absolute atomic E-state index is 11.6. The molecular weight excluding hydrogens is 290 g/mol. The van der Waals surface area contributed by atoms with Gasteiger partial charge in [0.25, 0.3) is 5.78 Å². The zero-order valence-corrected chi connectivity index (χ0v) is 13.2. The van der Waals surface area contributed by atoms with E-state index in [1.54, 1.807) is 0 Å². The molecule has 0 aliphatic heterocycles. The van der Waals surface area contributed by atoms with Gasteiger partial charge in [-0.1, -0.05) is 35.0 Å². The quantitative estimate of drug-likeness (QED) is 0.222. The summed E-state index contributed by atoms with van der Waals surface area (Å²) in [6.45, 7) is 0. The molecule has 0 saturated carbocycles. The Bertz CT molecular complexity index is 500. The van der Waals surface area contributed by atoms with E-state index in [1.807, 2.05) is 0 Å². The smallest absolute Gasteiger partial charge is 0.872 e. The summed E-state index contributed by atoms with van der Waals surface area (Å²) in [6.07, 6.45) is 0.644. The standard InChI is InChI=1S/C11H8Cl2O4.Na/c1-17-11(16)10(15)5-9(14)6-2-3-7(12)8(13)4-6;/h2-5,14H,1H3;/q;+1/p-1. The fourth-order valence-corrected chi connectivity index (χ4v) is 1.31. The van der Waals surface area contributed by atoms with E-state index in [1.165, 1.54) is 18.2 Å². The van der Waals surface area contributed by atoms with Gasteiger partial charge >= 0.3 is 35.5 Å². The minimum atomic E-state index is -1.10. The van der Waals surface area contributed by atoms with Gasteiger partial charge in [0, 0.05) is 0 Å². The second-order valence-corrected chi connectivity index (χ2v) is 3.81. The van der Waals surface area contributed by atoms with Gasteiger partial charge in [-0.15, -0.1) is 0 Å². The molecule has 0 N–H and O–H groups in total. The first-order valence-corrected chi connectivity index (χ1v) is 5.17. The maximum atomic E-state index is 11.6. The fourth-order valence-electron chi connectivity index (χ4n) is 1.01. The third kappa shape index (κ3) is 4.63. The fraction of sp³-hybridized carbons (Fsp3) is 0.0909. The van der Waals surface area contributed by atoms with Gasteiger partial charge in [-0.3, -0.25) is 4.79 Å². The molecule has 1 aromatic carbocycles. The molecule has 0 atom stereocenters. The Morgan fingerprint density at radius 3 is 2.39 bits per heavy atom. The van der Waals surface area contributed by atoms with E-state index in [0.717, 1.165) is 7.11 Å². The number of esters is 1. The number of halogens is 2. The Balaban J connectivity index is 0.00000289. The molecule has 0 aliphatic carbocycles. The van der Waals surface area contributed by atoms with Crippen molar-refractivity contribution in [1.29, 1.82) is 0 Å². The molecule has 0 heterocycles. The van der Waals surface area contributed by atoms with Gasteiger partial charge in [0.1, 0.15) is 0 Å². The number of hydrogen-bond acceptors (Lipinski definition) is 4. The Morgan fingerprint density at radius 1 is 1.28 bits per heavy atom. The first-order valence-electron chi connectivity index (χ1n) is 4.42. The largest absolute Gasteiger partial charge is 1.00 e.